The first kappa shape index (κ1) is 24.6. The highest BCUT2D eigenvalue weighted by Gasteiger charge is 2.30. The molecule has 1 aliphatic rings. The van der Waals surface area contributed by atoms with E-state index >= 15 is 0 Å². The number of nitrogens with zero attached hydrogens (tertiary/aromatic N) is 3. The number of carbonyl (C=O) groups excluding carboxylic acids is 1. The lowest BCUT2D eigenvalue weighted by atomic mass is 10.1. The lowest BCUT2D eigenvalue weighted by molar-refractivity contribution is -0.129. The van der Waals surface area contributed by atoms with Crippen LogP contribution in [0.5, 0.6) is 5.75 Å². The van der Waals surface area contributed by atoms with E-state index in [4.69, 9.17) is 4.74 Å². The summed E-state index contributed by atoms with van der Waals surface area (Å²) in [6.45, 7) is 6.41. The van der Waals surface area contributed by atoms with Crippen molar-refractivity contribution in [2.45, 2.75) is 18.7 Å². The Bertz CT molecular complexity index is 1270. The van der Waals surface area contributed by atoms with E-state index in [0.29, 0.717) is 37.6 Å². The van der Waals surface area contributed by atoms with Crippen molar-refractivity contribution in [2.75, 3.05) is 49.0 Å². The third-order valence-electron chi connectivity index (χ3n) is 6.52. The van der Waals surface area contributed by atoms with Crippen molar-refractivity contribution in [3.63, 3.8) is 0 Å². The summed E-state index contributed by atoms with van der Waals surface area (Å²) in [5.41, 5.74) is 4.08. The molecular weight excluding hydrogens is 462 g/mol. The maximum absolute atomic E-state index is 13.5. The van der Waals surface area contributed by atoms with Gasteiger partial charge < -0.3 is 14.5 Å². The summed E-state index contributed by atoms with van der Waals surface area (Å²) in [7, 11) is -2.39. The molecule has 4 rings (SSSR count). The number of carbonyl (C=O) groups is 1. The minimum atomic E-state index is -3.94. The van der Waals surface area contributed by atoms with Gasteiger partial charge in [0.2, 0.25) is 5.91 Å². The number of benzene rings is 3. The van der Waals surface area contributed by atoms with Crippen molar-refractivity contribution in [3.05, 3.63) is 83.9 Å². The summed E-state index contributed by atoms with van der Waals surface area (Å²) in [6.07, 6.45) is 0. The monoisotopic (exact) mass is 493 g/mol. The minimum absolute atomic E-state index is 0.142. The Labute approximate surface area is 207 Å². The molecule has 0 unspecified atom stereocenters. The van der Waals surface area contributed by atoms with Crippen LogP contribution in [0, 0.1) is 13.8 Å². The average molecular weight is 494 g/mol. The largest absolute Gasteiger partial charge is 0.497 e. The molecule has 1 fully saturated rings. The van der Waals surface area contributed by atoms with Crippen LogP contribution < -0.4 is 13.9 Å². The Morgan fingerprint density at radius 3 is 2.17 bits per heavy atom. The highest BCUT2D eigenvalue weighted by atomic mass is 32.2. The fourth-order valence-corrected chi connectivity index (χ4v) is 5.72. The van der Waals surface area contributed by atoms with E-state index in [2.05, 4.69) is 36.9 Å². The second-order valence-electron chi connectivity index (χ2n) is 8.61. The SMILES string of the molecule is COc1ccc(N(CC(=O)N2CCN(c3cccc(C)c3C)CC2)S(=O)(=O)c2ccccc2)cc1. The van der Waals surface area contributed by atoms with Crippen LogP contribution in [0.2, 0.25) is 0 Å². The molecule has 0 aromatic heterocycles. The van der Waals surface area contributed by atoms with E-state index in [9.17, 15) is 13.2 Å². The first-order chi connectivity index (χ1) is 16.8. The number of hydrogen-bond donors (Lipinski definition) is 0. The molecule has 1 heterocycles. The van der Waals surface area contributed by atoms with Crippen LogP contribution in [0.4, 0.5) is 11.4 Å². The number of rotatable bonds is 7. The molecule has 3 aromatic rings. The third kappa shape index (κ3) is 5.27. The highest BCUT2D eigenvalue weighted by molar-refractivity contribution is 7.92. The molecule has 0 bridgehead atoms. The molecule has 0 N–H and O–H groups in total. The van der Waals surface area contributed by atoms with Gasteiger partial charge in [-0.2, -0.15) is 0 Å². The standard InChI is InChI=1S/C27H31N3O4S/c1-21-8-7-11-26(22(21)2)28-16-18-29(19-17-28)27(31)20-30(23-12-14-24(34-3)15-13-23)35(32,33)25-9-5-4-6-10-25/h4-15H,16-20H2,1-3H3. The predicted molar refractivity (Wildman–Crippen MR) is 139 cm³/mol. The average Bonchev–Trinajstić information content (AvgIpc) is 2.89. The normalized spacial score (nSPS) is 14.0. The first-order valence-electron chi connectivity index (χ1n) is 11.6. The zero-order valence-electron chi connectivity index (χ0n) is 20.3. The number of piperazine rings is 1. The van der Waals surface area contributed by atoms with Gasteiger partial charge in [0.05, 0.1) is 17.7 Å². The molecule has 1 aliphatic heterocycles. The van der Waals surface area contributed by atoms with Crippen LogP contribution in [-0.4, -0.2) is 59.1 Å². The molecule has 8 heteroatoms. The molecule has 3 aromatic carbocycles. The van der Waals surface area contributed by atoms with Crippen LogP contribution in [0.3, 0.4) is 0 Å². The number of amides is 1. The number of anilines is 2. The lowest BCUT2D eigenvalue weighted by Crippen LogP contribution is -2.52. The van der Waals surface area contributed by atoms with Crippen LogP contribution in [-0.2, 0) is 14.8 Å². The smallest absolute Gasteiger partial charge is 0.264 e. The van der Waals surface area contributed by atoms with Crippen LogP contribution in [0.15, 0.2) is 77.7 Å². The van der Waals surface area contributed by atoms with Crippen LogP contribution >= 0.6 is 0 Å². The molecule has 1 amide bonds. The summed E-state index contributed by atoms with van der Waals surface area (Å²) in [5.74, 6) is 0.389. The first-order valence-corrected chi connectivity index (χ1v) is 13.1. The van der Waals surface area contributed by atoms with Crippen molar-refractivity contribution < 1.29 is 17.9 Å². The van der Waals surface area contributed by atoms with Crippen molar-refractivity contribution in [1.29, 1.82) is 0 Å². The molecular formula is C27H31N3O4S. The van der Waals surface area contributed by atoms with Crippen LogP contribution in [0.1, 0.15) is 11.1 Å². The van der Waals surface area contributed by atoms with Gasteiger partial charge >= 0.3 is 0 Å². The Kier molecular flexibility index (Phi) is 7.31. The molecule has 0 saturated carbocycles. The maximum Gasteiger partial charge on any atom is 0.264 e. The number of methoxy groups -OCH3 is 1. The van der Waals surface area contributed by atoms with Gasteiger partial charge in [-0.15, -0.1) is 0 Å². The number of hydrogen-bond acceptors (Lipinski definition) is 5. The summed E-state index contributed by atoms with van der Waals surface area (Å²) in [5, 5.41) is 0. The van der Waals surface area contributed by atoms with Gasteiger partial charge in [0, 0.05) is 31.9 Å². The predicted octanol–water partition coefficient (Wildman–Crippen LogP) is 3.86. The van der Waals surface area contributed by atoms with Crippen LogP contribution in [0.25, 0.3) is 0 Å². The van der Waals surface area contributed by atoms with Crippen molar-refractivity contribution >= 4 is 27.3 Å². The lowest BCUT2D eigenvalue weighted by Gasteiger charge is -2.38. The molecule has 184 valence electrons. The fraction of sp³-hybridized carbons (Fsp3) is 0.296. The van der Waals surface area contributed by atoms with Gasteiger partial charge in [-0.25, -0.2) is 8.42 Å². The molecule has 0 atom stereocenters. The van der Waals surface area contributed by atoms with Gasteiger partial charge in [-0.1, -0.05) is 30.3 Å². The maximum atomic E-state index is 13.5. The van der Waals surface area contributed by atoms with E-state index in [1.54, 1.807) is 66.6 Å². The molecule has 0 aliphatic carbocycles. The van der Waals surface area contributed by atoms with E-state index in [0.717, 1.165) is 0 Å². The van der Waals surface area contributed by atoms with Crippen molar-refractivity contribution in [1.82, 2.24) is 4.90 Å². The van der Waals surface area contributed by atoms with Gasteiger partial charge in [0.25, 0.3) is 10.0 Å². The molecule has 35 heavy (non-hydrogen) atoms. The van der Waals surface area contributed by atoms with E-state index in [1.807, 2.05) is 0 Å². The second kappa shape index (κ2) is 10.4. The summed E-state index contributed by atoms with van der Waals surface area (Å²) in [6, 6.07) is 21.1. The Balaban J connectivity index is 1.53. The number of ether oxygens (including phenoxy) is 1. The van der Waals surface area contributed by atoms with E-state index in [1.165, 1.54) is 21.1 Å². The summed E-state index contributed by atoms with van der Waals surface area (Å²) < 4.78 is 33.4. The molecule has 7 nitrogen and oxygen atoms in total. The third-order valence-corrected chi connectivity index (χ3v) is 8.31. The molecule has 0 spiro atoms. The highest BCUT2D eigenvalue weighted by Crippen LogP contribution is 2.27. The van der Waals surface area contributed by atoms with Crippen molar-refractivity contribution in [2.24, 2.45) is 0 Å². The molecule has 1 saturated heterocycles. The van der Waals surface area contributed by atoms with Gasteiger partial charge in [-0.05, 0) is 67.4 Å². The van der Waals surface area contributed by atoms with Gasteiger partial charge in [0.1, 0.15) is 12.3 Å². The van der Waals surface area contributed by atoms with Gasteiger partial charge in [-0.3, -0.25) is 9.10 Å². The quantitative estimate of drug-likeness (QED) is 0.500. The number of aryl methyl sites for hydroxylation is 1. The van der Waals surface area contributed by atoms with E-state index < -0.39 is 10.0 Å². The Morgan fingerprint density at radius 1 is 0.886 bits per heavy atom. The van der Waals surface area contributed by atoms with Gasteiger partial charge in [0.15, 0.2) is 0 Å². The topological polar surface area (TPSA) is 70.2 Å². The summed E-state index contributed by atoms with van der Waals surface area (Å²) >= 11 is 0. The fourth-order valence-electron chi connectivity index (χ4n) is 4.28. The zero-order valence-corrected chi connectivity index (χ0v) is 21.2. The Morgan fingerprint density at radius 2 is 1.54 bits per heavy atom. The minimum Gasteiger partial charge on any atom is -0.497 e. The van der Waals surface area contributed by atoms with Crippen molar-refractivity contribution in [3.8, 4) is 5.75 Å². The molecule has 0 radical (unpaired) electrons. The van der Waals surface area contributed by atoms with E-state index in [-0.39, 0.29) is 17.3 Å². The second-order valence-corrected chi connectivity index (χ2v) is 10.5. The zero-order chi connectivity index (χ0) is 25.0. The number of sulfonamides is 1. The summed E-state index contributed by atoms with van der Waals surface area (Å²) in [4.78, 5) is 17.5. The Hall–Kier alpha value is -3.52.